The molecule has 0 unspecified atom stereocenters. The molecule has 0 saturated heterocycles. The first-order chi connectivity index (χ1) is 19.3. The fourth-order valence-corrected chi connectivity index (χ4v) is 5.88. The van der Waals surface area contributed by atoms with E-state index >= 15 is 0 Å². The third-order valence-electron chi connectivity index (χ3n) is 7.46. The van der Waals surface area contributed by atoms with Crippen molar-refractivity contribution < 1.29 is 14.3 Å². The van der Waals surface area contributed by atoms with Gasteiger partial charge in [0.05, 0.1) is 4.47 Å². The number of benzene rings is 3. The molecule has 0 radical (unpaired) electrons. The van der Waals surface area contributed by atoms with Gasteiger partial charge in [-0.2, -0.15) is 0 Å². The Morgan fingerprint density at radius 3 is 2.27 bits per heavy atom. The van der Waals surface area contributed by atoms with E-state index in [0.29, 0.717) is 24.6 Å². The van der Waals surface area contributed by atoms with Crippen molar-refractivity contribution in [1.29, 1.82) is 0 Å². The van der Waals surface area contributed by atoms with Gasteiger partial charge in [-0.15, -0.1) is 0 Å². The number of halogens is 2. The minimum absolute atomic E-state index is 0.108. The molecule has 1 saturated carbocycles. The van der Waals surface area contributed by atoms with Gasteiger partial charge in [0.15, 0.2) is 6.61 Å². The van der Waals surface area contributed by atoms with Crippen molar-refractivity contribution in [2.24, 2.45) is 0 Å². The minimum atomic E-state index is -0.671. The molecule has 1 fully saturated rings. The number of nitrogens with zero attached hydrogens (tertiary/aromatic N) is 1. The highest BCUT2D eigenvalue weighted by molar-refractivity contribution is 9.10. The molecule has 1 atom stereocenters. The van der Waals surface area contributed by atoms with Crippen LogP contribution in [0, 0.1) is 0 Å². The number of rotatable bonds is 11. The van der Waals surface area contributed by atoms with Crippen LogP contribution >= 0.6 is 31.9 Å². The van der Waals surface area contributed by atoms with Gasteiger partial charge in [0.25, 0.3) is 5.91 Å². The van der Waals surface area contributed by atoms with E-state index in [0.717, 1.165) is 45.8 Å². The highest BCUT2D eigenvalue weighted by Gasteiger charge is 2.32. The van der Waals surface area contributed by atoms with E-state index in [9.17, 15) is 9.59 Å². The van der Waals surface area contributed by atoms with Crippen molar-refractivity contribution in [1.82, 2.24) is 10.2 Å². The van der Waals surface area contributed by atoms with Crippen LogP contribution in [0.2, 0.25) is 0 Å². The van der Waals surface area contributed by atoms with Crippen molar-refractivity contribution in [2.75, 3.05) is 6.61 Å². The van der Waals surface area contributed by atoms with Gasteiger partial charge in [-0.25, -0.2) is 0 Å². The third-order valence-corrected chi connectivity index (χ3v) is 8.61. The summed E-state index contributed by atoms with van der Waals surface area (Å²) in [5, 5.41) is 3.28. The van der Waals surface area contributed by atoms with Crippen LogP contribution in [0.1, 0.15) is 68.6 Å². The van der Waals surface area contributed by atoms with Gasteiger partial charge in [-0.1, -0.05) is 97.6 Å². The summed E-state index contributed by atoms with van der Waals surface area (Å²) in [4.78, 5) is 29.5. The summed E-state index contributed by atoms with van der Waals surface area (Å²) in [5.74, 6) is 0.647. The van der Waals surface area contributed by atoms with Crippen LogP contribution in [0.25, 0.3) is 0 Å². The number of carbonyl (C=O) groups excluding carboxylic acids is 2. The summed E-state index contributed by atoms with van der Waals surface area (Å²) < 4.78 is 7.79. The van der Waals surface area contributed by atoms with Gasteiger partial charge in [0, 0.05) is 23.5 Å². The Kier molecular flexibility index (Phi) is 11.2. The van der Waals surface area contributed by atoms with Crippen molar-refractivity contribution in [3.63, 3.8) is 0 Å². The highest BCUT2D eigenvalue weighted by Crippen LogP contribution is 2.29. The molecular formula is C33H38Br2N2O3. The maximum Gasteiger partial charge on any atom is 0.261 e. The molecule has 1 aliphatic rings. The number of hydrogen-bond donors (Lipinski definition) is 1. The van der Waals surface area contributed by atoms with E-state index in [1.807, 2.05) is 72.8 Å². The molecule has 0 bridgehead atoms. The van der Waals surface area contributed by atoms with Crippen LogP contribution in [0.3, 0.4) is 0 Å². The van der Waals surface area contributed by atoms with Gasteiger partial charge in [-0.05, 0) is 75.6 Å². The molecule has 7 heteroatoms. The second-order valence-corrected chi connectivity index (χ2v) is 12.6. The standard InChI is InChI=1S/C33H38Br2N2O3/c1-23(2)26-15-18-31(29(35)20-26)40-22-32(38)37(21-25-13-16-27(34)17-14-25)30(19-24-9-5-3-6-10-24)33(39)36-28-11-7-4-8-12-28/h3,5-6,9-10,13-18,20,23,28,30H,4,7-8,11-12,19,21-22H2,1-2H3,(H,36,39)/t30-/m0/s1. The highest BCUT2D eigenvalue weighted by atomic mass is 79.9. The second-order valence-electron chi connectivity index (χ2n) is 10.8. The number of hydrogen-bond acceptors (Lipinski definition) is 3. The lowest BCUT2D eigenvalue weighted by atomic mass is 9.94. The predicted octanol–water partition coefficient (Wildman–Crippen LogP) is 7.80. The number of nitrogens with one attached hydrogen (secondary N) is 1. The van der Waals surface area contributed by atoms with Crippen LogP contribution in [0.15, 0.2) is 81.7 Å². The summed E-state index contributed by atoms with van der Waals surface area (Å²) in [6.45, 7) is 4.41. The van der Waals surface area contributed by atoms with E-state index < -0.39 is 6.04 Å². The molecule has 1 aliphatic carbocycles. The molecule has 2 amide bonds. The zero-order chi connectivity index (χ0) is 28.5. The summed E-state index contributed by atoms with van der Waals surface area (Å²) in [7, 11) is 0. The van der Waals surface area contributed by atoms with Crippen LogP contribution in [0.5, 0.6) is 5.75 Å². The Bertz CT molecular complexity index is 1260. The molecular weight excluding hydrogens is 632 g/mol. The fourth-order valence-electron chi connectivity index (χ4n) is 5.10. The molecule has 0 spiro atoms. The Morgan fingerprint density at radius 2 is 1.62 bits per heavy atom. The SMILES string of the molecule is CC(C)c1ccc(OCC(=O)N(Cc2ccc(Br)cc2)[C@@H](Cc2ccccc2)C(=O)NC2CCCCC2)c(Br)c1. The molecule has 3 aromatic carbocycles. The van der Waals surface area contributed by atoms with Crippen LogP contribution < -0.4 is 10.1 Å². The Morgan fingerprint density at radius 1 is 0.925 bits per heavy atom. The van der Waals surface area contributed by atoms with E-state index in [1.54, 1.807) is 4.90 Å². The largest absolute Gasteiger partial charge is 0.483 e. The Labute approximate surface area is 254 Å². The topological polar surface area (TPSA) is 58.6 Å². The van der Waals surface area contributed by atoms with Crippen LogP contribution in [-0.4, -0.2) is 35.4 Å². The lowest BCUT2D eigenvalue weighted by molar-refractivity contribution is -0.143. The summed E-state index contributed by atoms with van der Waals surface area (Å²) in [5.41, 5.74) is 3.14. The van der Waals surface area contributed by atoms with Gasteiger partial charge < -0.3 is 15.0 Å². The summed E-state index contributed by atoms with van der Waals surface area (Å²) in [6.07, 6.45) is 5.83. The normalized spacial score (nSPS) is 14.5. The first-order valence-corrected chi connectivity index (χ1v) is 15.7. The van der Waals surface area contributed by atoms with Gasteiger partial charge in [0.2, 0.25) is 5.91 Å². The first kappa shape index (κ1) is 30.3. The van der Waals surface area contributed by atoms with E-state index in [-0.39, 0.29) is 24.5 Å². The fraction of sp³-hybridized carbons (Fsp3) is 0.394. The van der Waals surface area contributed by atoms with Crippen molar-refractivity contribution in [3.8, 4) is 5.75 Å². The number of carbonyl (C=O) groups is 2. The molecule has 40 heavy (non-hydrogen) atoms. The van der Waals surface area contributed by atoms with Crippen LogP contribution in [-0.2, 0) is 22.6 Å². The molecule has 0 heterocycles. The van der Waals surface area contributed by atoms with Crippen molar-refractivity contribution in [2.45, 2.75) is 76.9 Å². The van der Waals surface area contributed by atoms with Gasteiger partial charge in [-0.3, -0.25) is 9.59 Å². The molecule has 0 aromatic heterocycles. The average molecular weight is 670 g/mol. The molecule has 212 valence electrons. The Balaban J connectivity index is 1.60. The van der Waals surface area contributed by atoms with E-state index in [2.05, 4.69) is 51.0 Å². The third kappa shape index (κ3) is 8.68. The molecule has 4 rings (SSSR count). The molecule has 0 aliphatic heterocycles. The maximum atomic E-state index is 13.9. The van der Waals surface area contributed by atoms with Crippen molar-refractivity contribution >= 4 is 43.7 Å². The van der Waals surface area contributed by atoms with Crippen LogP contribution in [0.4, 0.5) is 0 Å². The first-order valence-electron chi connectivity index (χ1n) is 14.1. The average Bonchev–Trinajstić information content (AvgIpc) is 2.96. The zero-order valence-electron chi connectivity index (χ0n) is 23.2. The lowest BCUT2D eigenvalue weighted by Crippen LogP contribution is -2.53. The molecule has 5 nitrogen and oxygen atoms in total. The van der Waals surface area contributed by atoms with E-state index in [1.165, 1.54) is 12.0 Å². The lowest BCUT2D eigenvalue weighted by Gasteiger charge is -2.33. The smallest absolute Gasteiger partial charge is 0.261 e. The second kappa shape index (κ2) is 14.8. The monoisotopic (exact) mass is 668 g/mol. The molecule has 1 N–H and O–H groups in total. The predicted molar refractivity (Wildman–Crippen MR) is 167 cm³/mol. The van der Waals surface area contributed by atoms with Crippen molar-refractivity contribution in [3.05, 3.63) is 98.4 Å². The minimum Gasteiger partial charge on any atom is -0.483 e. The zero-order valence-corrected chi connectivity index (χ0v) is 26.4. The number of amides is 2. The molecule has 3 aromatic rings. The van der Waals surface area contributed by atoms with E-state index in [4.69, 9.17) is 4.74 Å². The summed E-state index contributed by atoms with van der Waals surface area (Å²) in [6, 6.07) is 23.2. The van der Waals surface area contributed by atoms with Gasteiger partial charge in [0.1, 0.15) is 11.8 Å². The number of ether oxygens (including phenoxy) is 1. The summed E-state index contributed by atoms with van der Waals surface area (Å²) >= 11 is 7.09. The van der Waals surface area contributed by atoms with Gasteiger partial charge >= 0.3 is 0 Å². The Hall–Kier alpha value is -2.64. The maximum absolute atomic E-state index is 13.9. The quantitative estimate of drug-likeness (QED) is 0.227.